The summed E-state index contributed by atoms with van der Waals surface area (Å²) in [6.45, 7) is 1.28. The van der Waals surface area contributed by atoms with Gasteiger partial charge < -0.3 is 10.1 Å². The summed E-state index contributed by atoms with van der Waals surface area (Å²) in [5.74, 6) is -2.70. The van der Waals surface area contributed by atoms with Gasteiger partial charge in [0.1, 0.15) is 11.4 Å². The highest BCUT2D eigenvalue weighted by Crippen LogP contribution is 2.21. The molecule has 1 atom stereocenters. The Hall–Kier alpha value is -3.00. The number of amides is 1. The number of nitrogens with one attached hydrogen (secondary N) is 1. The van der Waals surface area contributed by atoms with Gasteiger partial charge in [0.25, 0.3) is 11.6 Å². The number of rotatable bonds is 5. The highest BCUT2D eigenvalue weighted by atomic mass is 35.5. The number of ether oxygens (including phenoxy) is 1. The zero-order valence-electron chi connectivity index (χ0n) is 12.9. The van der Waals surface area contributed by atoms with Crippen molar-refractivity contribution in [1.29, 1.82) is 0 Å². The number of nitrogens with zero attached hydrogens (tertiary/aromatic N) is 1. The van der Waals surface area contributed by atoms with E-state index >= 15 is 0 Å². The molecule has 2 aromatic carbocycles. The first kappa shape index (κ1) is 18.3. The van der Waals surface area contributed by atoms with E-state index in [0.29, 0.717) is 0 Å². The highest BCUT2D eigenvalue weighted by molar-refractivity contribution is 6.33. The summed E-state index contributed by atoms with van der Waals surface area (Å²) in [6, 6.07) is 8.93. The van der Waals surface area contributed by atoms with Gasteiger partial charge in [0, 0.05) is 17.8 Å². The van der Waals surface area contributed by atoms with Crippen LogP contribution in [-0.2, 0) is 9.53 Å². The number of halogens is 2. The van der Waals surface area contributed by atoms with Gasteiger partial charge in [0.05, 0.1) is 9.95 Å². The van der Waals surface area contributed by atoms with Crippen molar-refractivity contribution in [2.45, 2.75) is 13.0 Å². The van der Waals surface area contributed by atoms with E-state index in [2.05, 4.69) is 5.32 Å². The number of hydrogen-bond donors (Lipinski definition) is 1. The molecule has 130 valence electrons. The minimum absolute atomic E-state index is 0.142. The molecule has 0 spiro atoms. The average molecular weight is 367 g/mol. The second-order valence-electron chi connectivity index (χ2n) is 4.94. The Kier molecular flexibility index (Phi) is 5.66. The fourth-order valence-electron chi connectivity index (χ4n) is 1.91. The molecule has 25 heavy (non-hydrogen) atoms. The quantitative estimate of drug-likeness (QED) is 0.495. The third-order valence-corrected chi connectivity index (χ3v) is 3.46. The molecule has 0 aromatic heterocycles. The number of anilines is 1. The molecule has 9 heteroatoms. The molecule has 0 aliphatic carbocycles. The molecule has 2 rings (SSSR count). The van der Waals surface area contributed by atoms with Crippen LogP contribution in [0, 0.1) is 15.9 Å². The molecule has 0 saturated heterocycles. The lowest BCUT2D eigenvalue weighted by molar-refractivity contribution is -0.384. The van der Waals surface area contributed by atoms with Crippen molar-refractivity contribution in [3.05, 3.63) is 69.0 Å². The molecule has 0 heterocycles. The summed E-state index contributed by atoms with van der Waals surface area (Å²) in [5, 5.41) is 12.9. The van der Waals surface area contributed by atoms with Gasteiger partial charge in [-0.1, -0.05) is 23.7 Å². The van der Waals surface area contributed by atoms with Crippen LogP contribution in [0.15, 0.2) is 42.5 Å². The van der Waals surface area contributed by atoms with E-state index in [9.17, 15) is 24.1 Å². The van der Waals surface area contributed by atoms with E-state index in [0.717, 1.165) is 12.1 Å². The van der Waals surface area contributed by atoms with Gasteiger partial charge in [-0.3, -0.25) is 14.9 Å². The lowest BCUT2D eigenvalue weighted by Crippen LogP contribution is -2.30. The lowest BCUT2D eigenvalue weighted by atomic mass is 10.2. The number of nitro groups is 1. The Morgan fingerprint density at radius 2 is 1.96 bits per heavy atom. The van der Waals surface area contributed by atoms with Crippen molar-refractivity contribution in [2.75, 3.05) is 5.32 Å². The van der Waals surface area contributed by atoms with Gasteiger partial charge in [-0.25, -0.2) is 9.18 Å². The SMILES string of the molecule is CC(OC(=O)c1c(F)cccc1Cl)C(=O)Nc1cccc([N+](=O)[O-])c1. The zero-order valence-corrected chi connectivity index (χ0v) is 13.6. The molecular formula is C16H12ClFN2O5. The maximum atomic E-state index is 13.7. The Bertz CT molecular complexity index is 823. The minimum atomic E-state index is -1.28. The lowest BCUT2D eigenvalue weighted by Gasteiger charge is -2.14. The summed E-state index contributed by atoms with van der Waals surface area (Å²) >= 11 is 5.76. The topological polar surface area (TPSA) is 98.5 Å². The summed E-state index contributed by atoms with van der Waals surface area (Å²) in [4.78, 5) is 34.1. The molecule has 0 aliphatic rings. The first-order chi connectivity index (χ1) is 11.8. The van der Waals surface area contributed by atoms with Crippen molar-refractivity contribution >= 4 is 34.9 Å². The van der Waals surface area contributed by atoms with Crippen molar-refractivity contribution < 1.29 is 23.6 Å². The summed E-state index contributed by atoms with van der Waals surface area (Å²) in [6.07, 6.45) is -1.28. The maximum Gasteiger partial charge on any atom is 0.343 e. The molecular weight excluding hydrogens is 355 g/mol. The molecule has 1 unspecified atom stereocenters. The molecule has 7 nitrogen and oxygen atoms in total. The van der Waals surface area contributed by atoms with Gasteiger partial charge in [-0.2, -0.15) is 0 Å². The van der Waals surface area contributed by atoms with Crippen LogP contribution in [-0.4, -0.2) is 22.9 Å². The first-order valence-corrected chi connectivity index (χ1v) is 7.37. The number of benzene rings is 2. The van der Waals surface area contributed by atoms with Crippen molar-refractivity contribution in [3.8, 4) is 0 Å². The summed E-state index contributed by atoms with van der Waals surface area (Å²) in [7, 11) is 0. The maximum absolute atomic E-state index is 13.7. The van der Waals surface area contributed by atoms with E-state index in [1.807, 2.05) is 0 Å². The monoisotopic (exact) mass is 366 g/mol. The summed E-state index contributed by atoms with van der Waals surface area (Å²) < 4.78 is 18.6. The Morgan fingerprint density at radius 3 is 2.60 bits per heavy atom. The van der Waals surface area contributed by atoms with E-state index in [1.165, 1.54) is 37.3 Å². The summed E-state index contributed by atoms with van der Waals surface area (Å²) in [5.41, 5.74) is -0.522. The van der Waals surface area contributed by atoms with Gasteiger partial charge in [-0.15, -0.1) is 0 Å². The molecule has 0 aliphatic heterocycles. The van der Waals surface area contributed by atoms with Crippen LogP contribution in [0.5, 0.6) is 0 Å². The molecule has 0 radical (unpaired) electrons. The second kappa shape index (κ2) is 7.71. The van der Waals surface area contributed by atoms with Gasteiger partial charge in [-0.05, 0) is 25.1 Å². The smallest absolute Gasteiger partial charge is 0.343 e. The average Bonchev–Trinajstić information content (AvgIpc) is 2.54. The van der Waals surface area contributed by atoms with Crippen LogP contribution >= 0.6 is 11.6 Å². The van der Waals surface area contributed by atoms with E-state index < -0.39 is 34.3 Å². The van der Waals surface area contributed by atoms with Crippen LogP contribution in [0.25, 0.3) is 0 Å². The predicted octanol–water partition coefficient (Wildman–Crippen LogP) is 3.57. The van der Waals surface area contributed by atoms with E-state index in [1.54, 1.807) is 0 Å². The molecule has 1 N–H and O–H groups in total. The van der Waals surface area contributed by atoms with Crippen LogP contribution in [0.1, 0.15) is 17.3 Å². The fourth-order valence-corrected chi connectivity index (χ4v) is 2.15. The fraction of sp³-hybridized carbons (Fsp3) is 0.125. The third-order valence-electron chi connectivity index (χ3n) is 3.14. The van der Waals surface area contributed by atoms with Crippen LogP contribution < -0.4 is 5.32 Å². The van der Waals surface area contributed by atoms with Gasteiger partial charge in [0.15, 0.2) is 6.10 Å². The van der Waals surface area contributed by atoms with Crippen molar-refractivity contribution in [2.24, 2.45) is 0 Å². The number of esters is 1. The number of non-ortho nitro benzene ring substituents is 1. The molecule has 0 bridgehead atoms. The predicted molar refractivity (Wildman–Crippen MR) is 88.0 cm³/mol. The molecule has 0 fully saturated rings. The largest absolute Gasteiger partial charge is 0.449 e. The Morgan fingerprint density at radius 1 is 1.28 bits per heavy atom. The van der Waals surface area contributed by atoms with Crippen molar-refractivity contribution in [1.82, 2.24) is 0 Å². The highest BCUT2D eigenvalue weighted by Gasteiger charge is 2.23. The van der Waals surface area contributed by atoms with Crippen LogP contribution in [0.3, 0.4) is 0 Å². The molecule has 1 amide bonds. The number of hydrogen-bond acceptors (Lipinski definition) is 5. The molecule has 0 saturated carbocycles. The zero-order chi connectivity index (χ0) is 18.6. The van der Waals surface area contributed by atoms with Crippen LogP contribution in [0.4, 0.5) is 15.8 Å². The standard InChI is InChI=1S/C16H12ClFN2O5/c1-9(25-16(22)14-12(17)6-3-7-13(14)18)15(21)19-10-4-2-5-11(8-10)20(23)24/h2-9H,1H3,(H,19,21). The number of carbonyl (C=O) groups excluding carboxylic acids is 2. The van der Waals surface area contributed by atoms with Crippen LogP contribution in [0.2, 0.25) is 5.02 Å². The minimum Gasteiger partial charge on any atom is -0.449 e. The number of nitro benzene ring substituents is 1. The van der Waals surface area contributed by atoms with E-state index in [-0.39, 0.29) is 16.4 Å². The second-order valence-corrected chi connectivity index (χ2v) is 5.35. The van der Waals surface area contributed by atoms with Crippen molar-refractivity contribution in [3.63, 3.8) is 0 Å². The Balaban J connectivity index is 2.06. The van der Waals surface area contributed by atoms with E-state index in [4.69, 9.17) is 16.3 Å². The first-order valence-electron chi connectivity index (χ1n) is 7.00. The Labute approximate surface area is 146 Å². The third kappa shape index (κ3) is 4.51. The normalized spacial score (nSPS) is 11.5. The number of carbonyl (C=O) groups is 2. The van der Waals surface area contributed by atoms with Gasteiger partial charge in [0.2, 0.25) is 0 Å². The molecule has 2 aromatic rings. The van der Waals surface area contributed by atoms with Gasteiger partial charge >= 0.3 is 5.97 Å².